The van der Waals surface area contributed by atoms with Gasteiger partial charge in [0.1, 0.15) is 5.69 Å². The van der Waals surface area contributed by atoms with Crippen molar-refractivity contribution in [2.24, 2.45) is 4.99 Å². The van der Waals surface area contributed by atoms with E-state index < -0.39 is 0 Å². The Morgan fingerprint density at radius 2 is 2.21 bits per heavy atom. The summed E-state index contributed by atoms with van der Waals surface area (Å²) < 4.78 is 0. The van der Waals surface area contributed by atoms with Crippen molar-refractivity contribution >= 4 is 17.6 Å². The van der Waals surface area contributed by atoms with Gasteiger partial charge in [0.25, 0.3) is 0 Å². The highest BCUT2D eigenvalue weighted by atomic mass is 16.9. The second-order valence-corrected chi connectivity index (χ2v) is 3.01. The lowest BCUT2D eigenvalue weighted by Crippen LogP contribution is -3.11. The Balaban J connectivity index is 2.19. The van der Waals surface area contributed by atoms with Crippen LogP contribution < -0.4 is 10.3 Å². The Bertz CT molecular complexity index is 441. The number of allylic oxidation sites excluding steroid dienone is 1. The number of hydrogen-bond acceptors (Lipinski definition) is 4. The molecule has 0 bridgehead atoms. The molecule has 1 atom stereocenters. The molecule has 5 heteroatoms. The Morgan fingerprint density at radius 1 is 1.36 bits per heavy atom. The third-order valence-corrected chi connectivity index (χ3v) is 2.18. The van der Waals surface area contributed by atoms with E-state index in [1.807, 2.05) is 24.3 Å². The van der Waals surface area contributed by atoms with Gasteiger partial charge in [0.05, 0.1) is 11.9 Å². The van der Waals surface area contributed by atoms with Crippen molar-refractivity contribution in [3.05, 3.63) is 41.4 Å². The summed E-state index contributed by atoms with van der Waals surface area (Å²) in [5.41, 5.74) is 2.22. The average molecular weight is 189 g/mol. The molecule has 0 fully saturated rings. The predicted octanol–water partition coefficient (Wildman–Crippen LogP) is 0.293. The molecule has 0 amide bonds. The first kappa shape index (κ1) is 7.54. The van der Waals surface area contributed by atoms with Crippen molar-refractivity contribution in [1.29, 1.82) is 0 Å². The summed E-state index contributed by atoms with van der Waals surface area (Å²) in [7, 11) is 0. The van der Waals surface area contributed by atoms with Crippen molar-refractivity contribution in [1.82, 2.24) is 0 Å². The van der Waals surface area contributed by atoms with Crippen molar-refractivity contribution in [2.45, 2.75) is 0 Å². The molecule has 2 aliphatic rings. The molecule has 0 radical (unpaired) electrons. The number of hydrogen-bond donors (Lipinski definition) is 1. The number of aliphatic imine (C=N–C) groups is 1. The van der Waals surface area contributed by atoms with Crippen LogP contribution in [0.1, 0.15) is 0 Å². The topological polar surface area (TPSA) is 52.3 Å². The average Bonchev–Trinajstić information content (AvgIpc) is 2.61. The molecule has 0 saturated carbocycles. The Kier molecular flexibility index (Phi) is 1.38. The van der Waals surface area contributed by atoms with Gasteiger partial charge in [0, 0.05) is 0 Å². The van der Waals surface area contributed by atoms with Gasteiger partial charge in [-0.1, -0.05) is 17.5 Å². The van der Waals surface area contributed by atoms with Crippen LogP contribution in [0.4, 0.5) is 11.4 Å². The highest BCUT2D eigenvalue weighted by Gasteiger charge is 2.30. The van der Waals surface area contributed by atoms with E-state index in [4.69, 9.17) is 4.84 Å². The third-order valence-electron chi connectivity index (χ3n) is 2.18. The summed E-state index contributed by atoms with van der Waals surface area (Å²) in [6, 6.07) is 7.44. The van der Waals surface area contributed by atoms with E-state index in [2.05, 4.69) is 4.99 Å². The fraction of sp³-hybridized carbons (Fsp3) is 0. The highest BCUT2D eigenvalue weighted by molar-refractivity contribution is 5.92. The number of rotatable bonds is 0. The smallest absolute Gasteiger partial charge is 0.189 e. The normalized spacial score (nSPS) is 22.5. The Hall–Kier alpha value is -1.85. The van der Waals surface area contributed by atoms with E-state index in [9.17, 15) is 5.21 Å². The number of para-hydroxylation sites is 2. The molecule has 1 unspecified atom stereocenters. The summed E-state index contributed by atoms with van der Waals surface area (Å²) in [5.74, 6) is 0. The molecule has 5 nitrogen and oxygen atoms in total. The summed E-state index contributed by atoms with van der Waals surface area (Å²) >= 11 is 0. The van der Waals surface area contributed by atoms with E-state index in [0.29, 0.717) is 5.70 Å². The summed E-state index contributed by atoms with van der Waals surface area (Å²) in [5, 5.41) is 12.5. The maximum atomic E-state index is 11.4. The molecule has 0 aromatic heterocycles. The fourth-order valence-corrected chi connectivity index (χ4v) is 1.55. The first-order valence-electron chi connectivity index (χ1n) is 4.20. The fourth-order valence-electron chi connectivity index (χ4n) is 1.55. The largest absolute Gasteiger partial charge is 0.564 e. The van der Waals surface area contributed by atoms with Gasteiger partial charge < -0.3 is 5.21 Å². The molecular weight excluding hydrogens is 182 g/mol. The molecule has 0 saturated heterocycles. The molecule has 0 aliphatic carbocycles. The lowest BCUT2D eigenvalue weighted by atomic mass is 10.2. The van der Waals surface area contributed by atoms with E-state index in [-0.39, 0.29) is 5.34 Å². The van der Waals surface area contributed by atoms with Gasteiger partial charge in [-0.2, -0.15) is 0 Å². The molecule has 2 aliphatic heterocycles. The van der Waals surface area contributed by atoms with Gasteiger partial charge in [-0.15, -0.1) is 5.01 Å². The molecular formula is C9H7N3O2. The van der Waals surface area contributed by atoms with Gasteiger partial charge in [0.15, 0.2) is 12.0 Å². The van der Waals surface area contributed by atoms with Crippen LogP contribution in [0.15, 0.2) is 41.2 Å². The zero-order chi connectivity index (χ0) is 9.54. The van der Waals surface area contributed by atoms with Crippen LogP contribution >= 0.6 is 0 Å². The minimum absolute atomic E-state index is 0.376. The SMILES string of the molecule is [O-][NH+]1OC=C2C=Nc3ccccc3N21. The third kappa shape index (κ3) is 0.876. The van der Waals surface area contributed by atoms with Crippen LogP contribution in [0, 0.1) is 5.21 Å². The monoisotopic (exact) mass is 189 g/mol. The van der Waals surface area contributed by atoms with Gasteiger partial charge in [-0.05, 0) is 12.1 Å². The Labute approximate surface area is 80.0 Å². The van der Waals surface area contributed by atoms with E-state index in [1.165, 1.54) is 11.3 Å². The molecule has 1 aromatic rings. The molecule has 1 aromatic carbocycles. The lowest BCUT2D eigenvalue weighted by molar-refractivity contribution is -1.04. The van der Waals surface area contributed by atoms with Crippen LogP contribution in [0.2, 0.25) is 0 Å². The van der Waals surface area contributed by atoms with E-state index >= 15 is 0 Å². The minimum atomic E-state index is -0.376. The Morgan fingerprint density at radius 3 is 3.14 bits per heavy atom. The summed E-state index contributed by atoms with van der Waals surface area (Å²) in [4.78, 5) is 8.99. The van der Waals surface area contributed by atoms with Crippen molar-refractivity contribution in [3.63, 3.8) is 0 Å². The zero-order valence-electron chi connectivity index (χ0n) is 7.18. The van der Waals surface area contributed by atoms with Crippen molar-refractivity contribution in [2.75, 3.05) is 5.01 Å². The van der Waals surface area contributed by atoms with Gasteiger partial charge in [-0.3, -0.25) is 9.83 Å². The second kappa shape index (κ2) is 2.57. The molecule has 2 heterocycles. The number of anilines is 1. The minimum Gasteiger partial charge on any atom is -0.564 e. The van der Waals surface area contributed by atoms with Gasteiger partial charge in [0.2, 0.25) is 0 Å². The highest BCUT2D eigenvalue weighted by Crippen LogP contribution is 2.32. The first-order valence-corrected chi connectivity index (χ1v) is 4.20. The standard InChI is InChI=1S/C9H7N3O2/c13-12-11-7(6-14-12)5-10-8-3-1-2-4-9(8)11/h1-6,12H. The van der Waals surface area contributed by atoms with Crippen molar-refractivity contribution in [3.8, 4) is 0 Å². The quantitative estimate of drug-likeness (QED) is 0.597. The second-order valence-electron chi connectivity index (χ2n) is 3.01. The number of benzene rings is 1. The number of nitrogens with one attached hydrogen (secondary N) is 1. The van der Waals surface area contributed by atoms with Crippen LogP contribution in [0.3, 0.4) is 0 Å². The summed E-state index contributed by atoms with van der Waals surface area (Å²) in [6.45, 7) is 0. The maximum absolute atomic E-state index is 11.4. The molecule has 1 N–H and O–H groups in total. The number of quaternary nitrogens is 1. The lowest BCUT2D eigenvalue weighted by Gasteiger charge is -2.27. The molecule has 70 valence electrons. The van der Waals surface area contributed by atoms with Crippen molar-refractivity contribution < 1.29 is 10.2 Å². The molecule has 0 spiro atoms. The van der Waals surface area contributed by atoms with Crippen LogP contribution in [0.5, 0.6) is 0 Å². The van der Waals surface area contributed by atoms with Gasteiger partial charge in [-0.25, -0.2) is 0 Å². The molecule has 14 heavy (non-hydrogen) atoms. The maximum Gasteiger partial charge on any atom is 0.189 e. The van der Waals surface area contributed by atoms with E-state index in [0.717, 1.165) is 11.4 Å². The van der Waals surface area contributed by atoms with Crippen LogP contribution in [0.25, 0.3) is 0 Å². The number of nitrogens with zero attached hydrogens (tertiary/aromatic N) is 2. The van der Waals surface area contributed by atoms with E-state index in [1.54, 1.807) is 6.21 Å². The first-order chi connectivity index (χ1) is 6.86. The van der Waals surface area contributed by atoms with Crippen LogP contribution in [-0.2, 0) is 4.84 Å². The predicted molar refractivity (Wildman–Crippen MR) is 50.6 cm³/mol. The molecule has 3 rings (SSSR count). The van der Waals surface area contributed by atoms with Gasteiger partial charge >= 0.3 is 0 Å². The zero-order valence-corrected chi connectivity index (χ0v) is 7.18. The number of fused-ring (bicyclic) bond motifs is 3. The van der Waals surface area contributed by atoms with Crippen LogP contribution in [-0.4, -0.2) is 6.21 Å². The summed E-state index contributed by atoms with van der Waals surface area (Å²) in [6.07, 6.45) is 3.02.